The Hall–Kier alpha value is -1.68. The SMILES string of the molecule is CC(NC(C)c1ccnn1C)c1cccnc1. The second-order valence-corrected chi connectivity index (χ2v) is 4.28. The first-order valence-corrected chi connectivity index (χ1v) is 5.82. The van der Waals surface area contributed by atoms with Gasteiger partial charge in [-0.2, -0.15) is 5.10 Å². The van der Waals surface area contributed by atoms with Crippen molar-refractivity contribution < 1.29 is 0 Å². The monoisotopic (exact) mass is 230 g/mol. The number of nitrogens with one attached hydrogen (secondary N) is 1. The van der Waals surface area contributed by atoms with E-state index >= 15 is 0 Å². The standard InChI is InChI=1S/C13H18N4/c1-10(12-5-4-7-14-9-12)16-11(2)13-6-8-15-17(13)3/h4-11,16H,1-3H3. The Morgan fingerprint density at radius 2 is 2.00 bits per heavy atom. The fraction of sp³-hybridized carbons (Fsp3) is 0.385. The van der Waals surface area contributed by atoms with E-state index in [4.69, 9.17) is 0 Å². The van der Waals surface area contributed by atoms with Gasteiger partial charge in [0.1, 0.15) is 0 Å². The van der Waals surface area contributed by atoms with Crippen LogP contribution in [0.5, 0.6) is 0 Å². The number of pyridine rings is 1. The van der Waals surface area contributed by atoms with Gasteiger partial charge in [-0.05, 0) is 31.5 Å². The number of aromatic nitrogens is 3. The molecule has 2 heterocycles. The molecule has 0 amide bonds. The van der Waals surface area contributed by atoms with Crippen LogP contribution in [0.4, 0.5) is 0 Å². The van der Waals surface area contributed by atoms with Crippen LogP contribution in [0.25, 0.3) is 0 Å². The zero-order chi connectivity index (χ0) is 12.3. The molecule has 4 heteroatoms. The molecule has 1 N–H and O–H groups in total. The molecular formula is C13H18N4. The van der Waals surface area contributed by atoms with E-state index in [1.54, 1.807) is 6.20 Å². The molecule has 2 aromatic heterocycles. The molecule has 0 fully saturated rings. The minimum absolute atomic E-state index is 0.262. The summed E-state index contributed by atoms with van der Waals surface area (Å²) in [5, 5.41) is 7.72. The van der Waals surface area contributed by atoms with Crippen LogP contribution in [-0.2, 0) is 7.05 Å². The molecule has 0 aliphatic rings. The highest BCUT2D eigenvalue weighted by molar-refractivity contribution is 5.14. The maximum atomic E-state index is 4.18. The first-order valence-electron chi connectivity index (χ1n) is 5.82. The largest absolute Gasteiger partial charge is 0.302 e. The quantitative estimate of drug-likeness (QED) is 0.875. The maximum absolute atomic E-state index is 4.18. The first-order chi connectivity index (χ1) is 8.18. The van der Waals surface area contributed by atoms with Gasteiger partial charge in [0.05, 0.1) is 5.69 Å². The molecule has 2 rings (SSSR count). The van der Waals surface area contributed by atoms with Gasteiger partial charge in [0.25, 0.3) is 0 Å². The van der Waals surface area contributed by atoms with E-state index in [9.17, 15) is 0 Å². The summed E-state index contributed by atoms with van der Waals surface area (Å²) >= 11 is 0. The second-order valence-electron chi connectivity index (χ2n) is 4.28. The fourth-order valence-corrected chi connectivity index (χ4v) is 2.00. The third-order valence-corrected chi connectivity index (χ3v) is 2.99. The summed E-state index contributed by atoms with van der Waals surface area (Å²) < 4.78 is 1.90. The Balaban J connectivity index is 2.05. The van der Waals surface area contributed by atoms with E-state index < -0.39 is 0 Å². The van der Waals surface area contributed by atoms with E-state index in [1.807, 2.05) is 36.3 Å². The zero-order valence-electron chi connectivity index (χ0n) is 10.5. The molecule has 0 bridgehead atoms. The average molecular weight is 230 g/mol. The van der Waals surface area contributed by atoms with Gasteiger partial charge in [0, 0.05) is 37.7 Å². The molecule has 2 aromatic rings. The summed E-state index contributed by atoms with van der Waals surface area (Å²) in [6.07, 6.45) is 5.51. The molecule has 4 nitrogen and oxygen atoms in total. The highest BCUT2D eigenvalue weighted by Gasteiger charge is 2.13. The Kier molecular flexibility index (Phi) is 3.54. The summed E-state index contributed by atoms with van der Waals surface area (Å²) in [6.45, 7) is 4.29. The van der Waals surface area contributed by atoms with Gasteiger partial charge in [-0.15, -0.1) is 0 Å². The molecule has 2 atom stereocenters. The predicted octanol–water partition coefficient (Wildman–Crippen LogP) is 2.23. The third-order valence-electron chi connectivity index (χ3n) is 2.99. The van der Waals surface area contributed by atoms with Crippen LogP contribution in [0.1, 0.15) is 37.2 Å². The summed E-state index contributed by atoms with van der Waals surface area (Å²) in [5.74, 6) is 0. The van der Waals surface area contributed by atoms with Crippen molar-refractivity contribution in [1.29, 1.82) is 0 Å². The van der Waals surface area contributed by atoms with Gasteiger partial charge >= 0.3 is 0 Å². The van der Waals surface area contributed by atoms with Gasteiger partial charge in [-0.25, -0.2) is 0 Å². The van der Waals surface area contributed by atoms with Crippen LogP contribution in [0, 0.1) is 0 Å². The first kappa shape index (κ1) is 11.8. The Bertz CT molecular complexity index is 463. The highest BCUT2D eigenvalue weighted by Crippen LogP contribution is 2.17. The predicted molar refractivity (Wildman–Crippen MR) is 67.4 cm³/mol. The van der Waals surface area contributed by atoms with E-state index in [0.29, 0.717) is 0 Å². The third kappa shape index (κ3) is 2.71. The summed E-state index contributed by atoms with van der Waals surface area (Å²) in [7, 11) is 1.96. The van der Waals surface area contributed by atoms with Crippen LogP contribution in [0.2, 0.25) is 0 Å². The average Bonchev–Trinajstić information content (AvgIpc) is 2.76. The topological polar surface area (TPSA) is 42.7 Å². The molecule has 2 unspecified atom stereocenters. The lowest BCUT2D eigenvalue weighted by atomic mass is 10.1. The van der Waals surface area contributed by atoms with E-state index in [2.05, 4.69) is 35.3 Å². The molecule has 0 aliphatic heterocycles. The van der Waals surface area contributed by atoms with E-state index in [1.165, 1.54) is 11.3 Å². The molecule has 17 heavy (non-hydrogen) atoms. The molecule has 0 aliphatic carbocycles. The maximum Gasteiger partial charge on any atom is 0.0547 e. The summed E-state index contributed by atoms with van der Waals surface area (Å²) in [6, 6.07) is 6.61. The van der Waals surface area contributed by atoms with Crippen molar-refractivity contribution in [1.82, 2.24) is 20.1 Å². The smallest absolute Gasteiger partial charge is 0.0547 e. The highest BCUT2D eigenvalue weighted by atomic mass is 15.3. The van der Waals surface area contributed by atoms with Crippen LogP contribution in [-0.4, -0.2) is 14.8 Å². The van der Waals surface area contributed by atoms with Crippen LogP contribution >= 0.6 is 0 Å². The van der Waals surface area contributed by atoms with E-state index in [0.717, 1.165) is 0 Å². The van der Waals surface area contributed by atoms with Crippen molar-refractivity contribution in [3.8, 4) is 0 Å². The van der Waals surface area contributed by atoms with Crippen LogP contribution in [0.3, 0.4) is 0 Å². The molecule has 90 valence electrons. The number of rotatable bonds is 4. The van der Waals surface area contributed by atoms with Crippen LogP contribution < -0.4 is 5.32 Å². The number of aryl methyl sites for hydroxylation is 1. The lowest BCUT2D eigenvalue weighted by Gasteiger charge is -2.20. The van der Waals surface area contributed by atoms with Gasteiger partial charge in [0.15, 0.2) is 0 Å². The minimum atomic E-state index is 0.262. The minimum Gasteiger partial charge on any atom is -0.302 e. The van der Waals surface area contributed by atoms with Crippen molar-refractivity contribution in [2.75, 3.05) is 0 Å². The molecule has 0 saturated carbocycles. The van der Waals surface area contributed by atoms with Gasteiger partial charge in [-0.3, -0.25) is 9.67 Å². The number of hydrogen-bond donors (Lipinski definition) is 1. The van der Waals surface area contributed by atoms with Gasteiger partial charge in [-0.1, -0.05) is 6.07 Å². The van der Waals surface area contributed by atoms with Crippen LogP contribution in [0.15, 0.2) is 36.8 Å². The molecular weight excluding hydrogens is 212 g/mol. The summed E-state index contributed by atoms with van der Waals surface area (Å²) in [4.78, 5) is 4.14. The van der Waals surface area contributed by atoms with Crippen molar-refractivity contribution >= 4 is 0 Å². The van der Waals surface area contributed by atoms with Gasteiger partial charge in [0.2, 0.25) is 0 Å². The Morgan fingerprint density at radius 3 is 2.59 bits per heavy atom. The molecule has 0 radical (unpaired) electrons. The van der Waals surface area contributed by atoms with Crippen molar-refractivity contribution in [3.05, 3.63) is 48.0 Å². The second kappa shape index (κ2) is 5.10. The van der Waals surface area contributed by atoms with Crippen molar-refractivity contribution in [2.45, 2.75) is 25.9 Å². The summed E-state index contributed by atoms with van der Waals surface area (Å²) in [5.41, 5.74) is 2.38. The molecule has 0 spiro atoms. The lowest BCUT2D eigenvalue weighted by molar-refractivity contribution is 0.468. The normalized spacial score (nSPS) is 14.5. The van der Waals surface area contributed by atoms with E-state index in [-0.39, 0.29) is 12.1 Å². The Morgan fingerprint density at radius 1 is 1.18 bits per heavy atom. The van der Waals surface area contributed by atoms with Crippen molar-refractivity contribution in [2.24, 2.45) is 7.05 Å². The zero-order valence-corrected chi connectivity index (χ0v) is 10.5. The van der Waals surface area contributed by atoms with Crippen molar-refractivity contribution in [3.63, 3.8) is 0 Å². The number of hydrogen-bond acceptors (Lipinski definition) is 3. The van der Waals surface area contributed by atoms with Gasteiger partial charge < -0.3 is 5.32 Å². The fourth-order valence-electron chi connectivity index (χ4n) is 2.00. The Labute approximate surface area is 102 Å². The molecule has 0 saturated heterocycles. The lowest BCUT2D eigenvalue weighted by Crippen LogP contribution is -2.24. The number of nitrogens with zero attached hydrogens (tertiary/aromatic N) is 3. The molecule has 0 aromatic carbocycles.